The molecular weight excluding hydrogens is 208 g/mol. The Morgan fingerprint density at radius 1 is 1.50 bits per heavy atom. The first-order chi connectivity index (χ1) is 7.47. The standard InChI is InChI=1S/C8H16N2.C3H6O3/c1-3-4-5-10-7-6-9(2)8-10;1-2(4)3(5)6/h6-7H,3-5,8H2,1-2H3;2,4H,1H3,(H,5,6)/t;2-/m.0/s1. The van der Waals surface area contributed by atoms with Crippen LogP contribution in [0.4, 0.5) is 0 Å². The number of nitrogens with zero attached hydrogens (tertiary/aromatic N) is 2. The average Bonchev–Trinajstić information content (AvgIpc) is 2.62. The van der Waals surface area contributed by atoms with Crippen molar-refractivity contribution in [3.63, 3.8) is 0 Å². The van der Waals surface area contributed by atoms with E-state index in [1.54, 1.807) is 0 Å². The second kappa shape index (κ2) is 7.98. The van der Waals surface area contributed by atoms with Crippen LogP contribution in [0, 0.1) is 0 Å². The summed E-state index contributed by atoms with van der Waals surface area (Å²) in [6.45, 7) is 5.70. The fourth-order valence-corrected chi connectivity index (χ4v) is 1.10. The molecule has 1 heterocycles. The van der Waals surface area contributed by atoms with Crippen molar-refractivity contribution in [2.45, 2.75) is 32.8 Å². The minimum absolute atomic E-state index is 1.07. The van der Waals surface area contributed by atoms with E-state index in [9.17, 15) is 4.79 Å². The second-order valence-corrected chi connectivity index (χ2v) is 3.88. The smallest absolute Gasteiger partial charge is 0.332 e. The third kappa shape index (κ3) is 7.11. The molecule has 5 nitrogen and oxygen atoms in total. The molecule has 5 heteroatoms. The van der Waals surface area contributed by atoms with Crippen LogP contribution in [0.3, 0.4) is 0 Å². The van der Waals surface area contributed by atoms with E-state index in [0.717, 1.165) is 6.67 Å². The molecule has 0 aromatic carbocycles. The van der Waals surface area contributed by atoms with Crippen molar-refractivity contribution in [3.8, 4) is 0 Å². The van der Waals surface area contributed by atoms with Gasteiger partial charge in [0.05, 0.1) is 6.67 Å². The summed E-state index contributed by atoms with van der Waals surface area (Å²) < 4.78 is 0. The Morgan fingerprint density at radius 3 is 2.38 bits per heavy atom. The minimum atomic E-state index is -1.23. The molecule has 1 aliphatic rings. The number of unbranched alkanes of at least 4 members (excludes halogenated alkanes) is 1. The number of hydrogen-bond donors (Lipinski definition) is 2. The number of aliphatic hydroxyl groups excluding tert-OH is 1. The maximum atomic E-state index is 9.45. The fourth-order valence-electron chi connectivity index (χ4n) is 1.10. The highest BCUT2D eigenvalue weighted by molar-refractivity contribution is 5.71. The van der Waals surface area contributed by atoms with Crippen molar-refractivity contribution in [1.82, 2.24) is 9.80 Å². The lowest BCUT2D eigenvalue weighted by molar-refractivity contribution is -0.145. The van der Waals surface area contributed by atoms with E-state index in [1.165, 1.54) is 26.3 Å². The Bertz CT molecular complexity index is 229. The zero-order valence-electron chi connectivity index (χ0n) is 10.3. The monoisotopic (exact) mass is 230 g/mol. The number of hydrogen-bond acceptors (Lipinski definition) is 4. The van der Waals surface area contributed by atoms with Gasteiger partial charge in [-0.25, -0.2) is 4.79 Å². The molecule has 1 rings (SSSR count). The molecule has 0 amide bonds. The molecule has 2 N–H and O–H groups in total. The van der Waals surface area contributed by atoms with Gasteiger partial charge in [-0.05, 0) is 13.3 Å². The van der Waals surface area contributed by atoms with Crippen LogP contribution in [-0.4, -0.2) is 52.3 Å². The van der Waals surface area contributed by atoms with Gasteiger partial charge in [0, 0.05) is 26.0 Å². The summed E-state index contributed by atoms with van der Waals surface area (Å²) in [7, 11) is 2.10. The fraction of sp³-hybridized carbons (Fsp3) is 0.727. The lowest BCUT2D eigenvalue weighted by Crippen LogP contribution is -2.23. The van der Waals surface area contributed by atoms with Gasteiger partial charge in [0.25, 0.3) is 0 Å². The lowest BCUT2D eigenvalue weighted by atomic mass is 10.3. The van der Waals surface area contributed by atoms with E-state index in [4.69, 9.17) is 10.2 Å². The predicted octanol–water partition coefficient (Wildman–Crippen LogP) is 0.914. The SMILES string of the molecule is CCCCN1C=CN(C)C1.C[C@H](O)C(=O)O. The topological polar surface area (TPSA) is 64.0 Å². The third-order valence-electron chi connectivity index (χ3n) is 2.09. The van der Waals surface area contributed by atoms with Gasteiger partial charge < -0.3 is 20.0 Å². The zero-order valence-corrected chi connectivity index (χ0v) is 10.3. The van der Waals surface area contributed by atoms with E-state index >= 15 is 0 Å². The summed E-state index contributed by atoms with van der Waals surface area (Å²) in [5.74, 6) is -1.19. The second-order valence-electron chi connectivity index (χ2n) is 3.88. The van der Waals surface area contributed by atoms with Gasteiger partial charge in [-0.15, -0.1) is 0 Å². The van der Waals surface area contributed by atoms with Crippen LogP contribution in [0.1, 0.15) is 26.7 Å². The van der Waals surface area contributed by atoms with Crippen LogP contribution < -0.4 is 0 Å². The van der Waals surface area contributed by atoms with Gasteiger partial charge in [0.1, 0.15) is 6.10 Å². The number of aliphatic carboxylic acids is 1. The Hall–Kier alpha value is -1.23. The van der Waals surface area contributed by atoms with Crippen LogP contribution in [-0.2, 0) is 4.79 Å². The number of carboxylic acids is 1. The van der Waals surface area contributed by atoms with Gasteiger partial charge in [0.2, 0.25) is 0 Å². The molecule has 16 heavy (non-hydrogen) atoms. The van der Waals surface area contributed by atoms with Gasteiger partial charge in [0.15, 0.2) is 0 Å². The number of carbonyl (C=O) groups is 1. The molecule has 0 aromatic heterocycles. The molecule has 94 valence electrons. The van der Waals surface area contributed by atoms with Crippen molar-refractivity contribution in [2.24, 2.45) is 0 Å². The van der Waals surface area contributed by atoms with Crippen LogP contribution in [0.25, 0.3) is 0 Å². The highest BCUT2D eigenvalue weighted by atomic mass is 16.4. The van der Waals surface area contributed by atoms with E-state index in [1.807, 2.05) is 0 Å². The maximum Gasteiger partial charge on any atom is 0.332 e. The van der Waals surface area contributed by atoms with Gasteiger partial charge in [-0.1, -0.05) is 13.3 Å². The van der Waals surface area contributed by atoms with Gasteiger partial charge >= 0.3 is 5.97 Å². The van der Waals surface area contributed by atoms with Gasteiger partial charge in [-0.2, -0.15) is 0 Å². The molecule has 0 fully saturated rings. The molecule has 1 aliphatic heterocycles. The molecule has 0 saturated carbocycles. The van der Waals surface area contributed by atoms with Crippen LogP contribution in [0.2, 0.25) is 0 Å². The maximum absolute atomic E-state index is 9.45. The molecule has 0 saturated heterocycles. The molecule has 0 aromatic rings. The lowest BCUT2D eigenvalue weighted by Gasteiger charge is -2.17. The first-order valence-electron chi connectivity index (χ1n) is 5.50. The zero-order chi connectivity index (χ0) is 12.6. The molecule has 0 unspecified atom stereocenters. The molecule has 0 aliphatic carbocycles. The van der Waals surface area contributed by atoms with Crippen LogP contribution in [0.5, 0.6) is 0 Å². The van der Waals surface area contributed by atoms with Crippen LogP contribution >= 0.6 is 0 Å². The van der Waals surface area contributed by atoms with E-state index in [2.05, 4.69) is 36.2 Å². The molecule has 0 radical (unpaired) electrons. The molecule has 1 atom stereocenters. The predicted molar refractivity (Wildman–Crippen MR) is 62.7 cm³/mol. The summed E-state index contributed by atoms with van der Waals surface area (Å²) >= 11 is 0. The van der Waals surface area contributed by atoms with Crippen molar-refractivity contribution in [3.05, 3.63) is 12.4 Å². The first kappa shape index (κ1) is 14.8. The Morgan fingerprint density at radius 2 is 2.06 bits per heavy atom. The molecule has 0 spiro atoms. The summed E-state index contributed by atoms with van der Waals surface area (Å²) in [6.07, 6.45) is 5.64. The quantitative estimate of drug-likeness (QED) is 0.751. The van der Waals surface area contributed by atoms with Crippen molar-refractivity contribution in [2.75, 3.05) is 20.3 Å². The number of aliphatic hydroxyl groups is 1. The number of rotatable bonds is 4. The minimum Gasteiger partial charge on any atom is -0.479 e. The average molecular weight is 230 g/mol. The van der Waals surface area contributed by atoms with Crippen molar-refractivity contribution < 1.29 is 15.0 Å². The summed E-state index contributed by atoms with van der Waals surface area (Å²) in [6, 6.07) is 0. The van der Waals surface area contributed by atoms with Crippen molar-refractivity contribution in [1.29, 1.82) is 0 Å². The first-order valence-corrected chi connectivity index (χ1v) is 5.50. The highest BCUT2D eigenvalue weighted by Gasteiger charge is 2.05. The Labute approximate surface area is 97.0 Å². The molecule has 0 bridgehead atoms. The highest BCUT2D eigenvalue weighted by Crippen LogP contribution is 2.04. The van der Waals surface area contributed by atoms with Crippen molar-refractivity contribution >= 4 is 5.97 Å². The summed E-state index contributed by atoms with van der Waals surface area (Å²) in [5.41, 5.74) is 0. The third-order valence-corrected chi connectivity index (χ3v) is 2.09. The number of carboxylic acid groups (broad SMARTS) is 1. The summed E-state index contributed by atoms with van der Waals surface area (Å²) in [5, 5.41) is 15.8. The van der Waals surface area contributed by atoms with Crippen LogP contribution in [0.15, 0.2) is 12.4 Å². The van der Waals surface area contributed by atoms with Gasteiger partial charge in [-0.3, -0.25) is 0 Å². The molecular formula is C11H22N2O3. The Balaban J connectivity index is 0.000000325. The van der Waals surface area contributed by atoms with E-state index in [0.29, 0.717) is 0 Å². The largest absolute Gasteiger partial charge is 0.479 e. The Kier molecular flexibility index (Phi) is 7.37. The summed E-state index contributed by atoms with van der Waals surface area (Å²) in [4.78, 5) is 14.0. The normalized spacial score (nSPS) is 15.8. The van der Waals surface area contributed by atoms with E-state index in [-0.39, 0.29) is 0 Å². The van der Waals surface area contributed by atoms with E-state index < -0.39 is 12.1 Å².